The second-order valence-corrected chi connectivity index (χ2v) is 7.71. The molecular weight excluding hydrogens is 284 g/mol. The smallest absolute Gasteiger partial charge is 0.261 e. The summed E-state index contributed by atoms with van der Waals surface area (Å²) < 4.78 is 28.3. The molecule has 0 amide bonds. The second kappa shape index (κ2) is 6.14. The summed E-state index contributed by atoms with van der Waals surface area (Å²) in [5.41, 5.74) is 0.621. The van der Waals surface area contributed by atoms with Gasteiger partial charge >= 0.3 is 0 Å². The minimum Gasteiger partial charge on any atom is -0.493 e. The van der Waals surface area contributed by atoms with Gasteiger partial charge in [-0.1, -0.05) is 19.3 Å². The summed E-state index contributed by atoms with van der Waals surface area (Å²) in [6.07, 6.45) is 6.37. The molecule has 0 spiro atoms. The van der Waals surface area contributed by atoms with E-state index in [0.717, 1.165) is 0 Å². The highest BCUT2D eigenvalue weighted by Gasteiger charge is 2.16. The van der Waals surface area contributed by atoms with E-state index in [9.17, 15) is 8.42 Å². The SMILES string of the molecule is Cc1cc(OCC2CCCCC2)ccc1S(=O)(=O)Cl. The zero-order valence-electron chi connectivity index (χ0n) is 11.1. The fourth-order valence-electron chi connectivity index (χ4n) is 2.55. The summed E-state index contributed by atoms with van der Waals surface area (Å²) in [4.78, 5) is 0.152. The summed E-state index contributed by atoms with van der Waals surface area (Å²) in [6, 6.07) is 4.91. The van der Waals surface area contributed by atoms with Gasteiger partial charge in [-0.25, -0.2) is 8.42 Å². The van der Waals surface area contributed by atoms with Gasteiger partial charge in [-0.15, -0.1) is 0 Å². The lowest BCUT2D eigenvalue weighted by Gasteiger charge is -2.21. The topological polar surface area (TPSA) is 43.4 Å². The first-order valence-corrected chi connectivity index (χ1v) is 8.96. The van der Waals surface area contributed by atoms with Gasteiger partial charge in [-0.2, -0.15) is 0 Å². The number of rotatable bonds is 4. The Morgan fingerprint density at radius 3 is 2.53 bits per heavy atom. The number of aryl methyl sites for hydroxylation is 1. The van der Waals surface area contributed by atoms with Gasteiger partial charge in [0.1, 0.15) is 5.75 Å². The predicted octanol–water partition coefficient (Wildman–Crippen LogP) is 3.88. The molecule has 1 aromatic carbocycles. The zero-order valence-corrected chi connectivity index (χ0v) is 12.6. The zero-order chi connectivity index (χ0) is 13.9. The molecule has 0 atom stereocenters. The summed E-state index contributed by atoms with van der Waals surface area (Å²) >= 11 is 0. The summed E-state index contributed by atoms with van der Waals surface area (Å²) in [6.45, 7) is 2.44. The van der Waals surface area contributed by atoms with E-state index in [2.05, 4.69) is 0 Å². The van der Waals surface area contributed by atoms with Gasteiger partial charge in [0, 0.05) is 10.7 Å². The largest absolute Gasteiger partial charge is 0.493 e. The summed E-state index contributed by atoms with van der Waals surface area (Å²) in [5.74, 6) is 1.35. The second-order valence-electron chi connectivity index (χ2n) is 5.18. The van der Waals surface area contributed by atoms with Gasteiger partial charge in [0.2, 0.25) is 0 Å². The summed E-state index contributed by atoms with van der Waals surface area (Å²) in [7, 11) is 1.68. The standard InChI is InChI=1S/C14H19ClO3S/c1-11-9-13(7-8-14(11)19(15,16)17)18-10-12-5-3-2-4-6-12/h7-9,12H,2-6,10H2,1H3. The maximum atomic E-state index is 11.3. The first-order chi connectivity index (χ1) is 8.97. The minimum atomic E-state index is -3.67. The van der Waals surface area contributed by atoms with Gasteiger partial charge in [0.05, 0.1) is 11.5 Å². The van der Waals surface area contributed by atoms with Gasteiger partial charge in [0.25, 0.3) is 9.05 Å². The van der Waals surface area contributed by atoms with Crippen LogP contribution in [0.1, 0.15) is 37.7 Å². The van der Waals surface area contributed by atoms with E-state index in [1.165, 1.54) is 38.2 Å². The van der Waals surface area contributed by atoms with Crippen molar-refractivity contribution in [2.45, 2.75) is 43.9 Å². The van der Waals surface area contributed by atoms with Gasteiger partial charge in [-0.3, -0.25) is 0 Å². The molecule has 1 aliphatic carbocycles. The van der Waals surface area contributed by atoms with Crippen molar-refractivity contribution in [3.63, 3.8) is 0 Å². The molecule has 0 bridgehead atoms. The van der Waals surface area contributed by atoms with E-state index < -0.39 is 9.05 Å². The Balaban J connectivity index is 2.00. The molecule has 0 radical (unpaired) electrons. The third kappa shape index (κ3) is 4.11. The Morgan fingerprint density at radius 2 is 1.95 bits per heavy atom. The van der Waals surface area contributed by atoms with Crippen LogP contribution in [-0.2, 0) is 9.05 Å². The number of hydrogen-bond donors (Lipinski definition) is 0. The van der Waals surface area contributed by atoms with Gasteiger partial charge in [0.15, 0.2) is 0 Å². The van der Waals surface area contributed by atoms with Crippen molar-refractivity contribution in [1.82, 2.24) is 0 Å². The fourth-order valence-corrected chi connectivity index (χ4v) is 3.75. The van der Waals surface area contributed by atoms with Crippen LogP contribution in [0.3, 0.4) is 0 Å². The Kier molecular flexibility index (Phi) is 4.74. The van der Waals surface area contributed by atoms with Crippen molar-refractivity contribution < 1.29 is 13.2 Å². The molecule has 0 N–H and O–H groups in total. The molecule has 0 aromatic heterocycles. The maximum Gasteiger partial charge on any atom is 0.261 e. The van der Waals surface area contributed by atoms with E-state index in [1.807, 2.05) is 0 Å². The highest BCUT2D eigenvalue weighted by atomic mass is 35.7. The molecule has 0 saturated heterocycles. The molecular formula is C14H19ClO3S. The van der Waals surface area contributed by atoms with Crippen LogP contribution in [-0.4, -0.2) is 15.0 Å². The van der Waals surface area contributed by atoms with Crippen molar-refractivity contribution in [2.24, 2.45) is 5.92 Å². The first kappa shape index (κ1) is 14.7. The molecule has 5 heteroatoms. The number of halogens is 1. The van der Waals surface area contributed by atoms with E-state index in [1.54, 1.807) is 19.1 Å². The third-order valence-corrected chi connectivity index (χ3v) is 5.10. The average molecular weight is 303 g/mol. The molecule has 1 fully saturated rings. The Labute approximate surface area is 119 Å². The monoisotopic (exact) mass is 302 g/mol. The lowest BCUT2D eigenvalue weighted by molar-refractivity contribution is 0.208. The van der Waals surface area contributed by atoms with Crippen LogP contribution in [0.2, 0.25) is 0 Å². The van der Waals surface area contributed by atoms with Gasteiger partial charge < -0.3 is 4.74 Å². The fraction of sp³-hybridized carbons (Fsp3) is 0.571. The van der Waals surface area contributed by atoms with Crippen LogP contribution >= 0.6 is 10.7 Å². The highest BCUT2D eigenvalue weighted by Crippen LogP contribution is 2.27. The first-order valence-electron chi connectivity index (χ1n) is 6.65. The number of ether oxygens (including phenoxy) is 1. The highest BCUT2D eigenvalue weighted by molar-refractivity contribution is 8.13. The van der Waals surface area contributed by atoms with E-state index >= 15 is 0 Å². The number of benzene rings is 1. The lowest BCUT2D eigenvalue weighted by Crippen LogP contribution is -2.15. The van der Waals surface area contributed by atoms with Crippen LogP contribution < -0.4 is 4.74 Å². The van der Waals surface area contributed by atoms with Crippen molar-refractivity contribution >= 4 is 19.7 Å². The van der Waals surface area contributed by atoms with Crippen LogP contribution in [0.5, 0.6) is 5.75 Å². The van der Waals surface area contributed by atoms with E-state index in [4.69, 9.17) is 15.4 Å². The molecule has 2 rings (SSSR count). The Bertz CT molecular complexity index is 534. The minimum absolute atomic E-state index is 0.152. The van der Waals surface area contributed by atoms with Crippen LogP contribution in [0.4, 0.5) is 0 Å². The van der Waals surface area contributed by atoms with E-state index in [0.29, 0.717) is 23.8 Å². The lowest BCUT2D eigenvalue weighted by atomic mass is 9.90. The normalized spacial score (nSPS) is 17.4. The van der Waals surface area contributed by atoms with Crippen molar-refractivity contribution in [2.75, 3.05) is 6.61 Å². The molecule has 0 heterocycles. The maximum absolute atomic E-state index is 11.3. The molecule has 106 valence electrons. The van der Waals surface area contributed by atoms with Crippen molar-refractivity contribution in [3.05, 3.63) is 23.8 Å². The molecule has 3 nitrogen and oxygen atoms in total. The summed E-state index contributed by atoms with van der Waals surface area (Å²) in [5, 5.41) is 0. The molecule has 0 aliphatic heterocycles. The molecule has 0 unspecified atom stereocenters. The van der Waals surface area contributed by atoms with Crippen molar-refractivity contribution in [1.29, 1.82) is 0 Å². The molecule has 1 aliphatic rings. The van der Waals surface area contributed by atoms with Crippen LogP contribution in [0.15, 0.2) is 23.1 Å². The molecule has 1 saturated carbocycles. The third-order valence-electron chi connectivity index (χ3n) is 3.62. The Morgan fingerprint density at radius 1 is 1.26 bits per heavy atom. The van der Waals surface area contributed by atoms with Crippen LogP contribution in [0.25, 0.3) is 0 Å². The van der Waals surface area contributed by atoms with E-state index in [-0.39, 0.29) is 4.90 Å². The number of hydrogen-bond acceptors (Lipinski definition) is 3. The Hall–Kier alpha value is -0.740. The average Bonchev–Trinajstić information content (AvgIpc) is 2.36. The quantitative estimate of drug-likeness (QED) is 0.793. The molecule has 19 heavy (non-hydrogen) atoms. The van der Waals surface area contributed by atoms with Crippen molar-refractivity contribution in [3.8, 4) is 5.75 Å². The molecule has 1 aromatic rings. The van der Waals surface area contributed by atoms with Gasteiger partial charge in [-0.05, 0) is 49.4 Å². The van der Waals surface area contributed by atoms with Crippen LogP contribution in [0, 0.1) is 12.8 Å². The predicted molar refractivity (Wildman–Crippen MR) is 76.3 cm³/mol.